The molecular formula is C29H49N5O15. The number of para-hydroxylation sites is 1. The third-order valence-electron chi connectivity index (χ3n) is 5.84. The van der Waals surface area contributed by atoms with Crippen molar-refractivity contribution >= 4 is 47.5 Å². The minimum absolute atomic E-state index is 0.0231. The molecule has 15 N–H and O–H groups in total. The minimum atomic E-state index is -2.04. The fourth-order valence-corrected chi connectivity index (χ4v) is 3.17. The first kappa shape index (κ1) is 48.5. The standard InChI is InChI=1S/C9H11NO2.C6H13NO2.C5H9NO4.C5H9NO2.C4H7NO5/c1-10(7-9(11)12)8-5-3-2-4-6-8;1-4(2)3-5(7)6(8)9;6-3(5(9)10)1-2-4(7)8;7-5(8)4-2-1-3-6-4;5-1(3(7)8)2(6)4(9)10/h2-6H,7H2,1H3,(H,11,12);4-5H,3,7H2,1-2H3,(H,8,9);3H,1-2,6H2,(H,7,8)(H,9,10);4,6H,1-3H2,(H,7,8);1-2,6H,5H2,(H,7,8)(H,9,10)/t;5-;3-;4-;1-,2?/m.0000/s1. The van der Waals surface area contributed by atoms with E-state index in [1.165, 1.54) is 0 Å². The van der Waals surface area contributed by atoms with E-state index in [2.05, 4.69) is 5.32 Å². The Morgan fingerprint density at radius 2 is 1.31 bits per heavy atom. The highest BCUT2D eigenvalue weighted by molar-refractivity contribution is 5.84. The molecular weight excluding hydrogens is 658 g/mol. The fraction of sp³-hybridized carbons (Fsp3) is 0.552. The number of benzene rings is 1. The normalized spacial score (nSPS) is 15.2. The summed E-state index contributed by atoms with van der Waals surface area (Å²) in [5.41, 5.74) is 15.9. The van der Waals surface area contributed by atoms with Crippen LogP contribution >= 0.6 is 0 Å². The molecule has 0 amide bonds. The highest BCUT2D eigenvalue weighted by Crippen LogP contribution is 2.09. The first-order valence-electron chi connectivity index (χ1n) is 14.6. The lowest BCUT2D eigenvalue weighted by atomic mass is 10.1. The van der Waals surface area contributed by atoms with Crippen molar-refractivity contribution < 1.29 is 74.4 Å². The number of anilines is 1. The van der Waals surface area contributed by atoms with Crippen molar-refractivity contribution in [1.29, 1.82) is 0 Å². The van der Waals surface area contributed by atoms with E-state index in [0.717, 1.165) is 25.1 Å². The Balaban J connectivity index is -0.000000543. The summed E-state index contributed by atoms with van der Waals surface area (Å²) < 4.78 is 0. The van der Waals surface area contributed by atoms with Crippen LogP contribution in [0.15, 0.2) is 30.3 Å². The number of likely N-dealkylation sites (N-methyl/N-ethyl adjacent to an activating group) is 1. The molecule has 1 aromatic carbocycles. The van der Waals surface area contributed by atoms with E-state index in [9.17, 15) is 33.6 Å². The first-order valence-corrected chi connectivity index (χ1v) is 14.6. The molecule has 1 unspecified atom stereocenters. The number of aliphatic hydroxyl groups excluding tert-OH is 1. The second kappa shape index (κ2) is 27.1. The predicted molar refractivity (Wildman–Crippen MR) is 173 cm³/mol. The second-order valence-corrected chi connectivity index (χ2v) is 10.7. The number of nitrogens with two attached hydrogens (primary N) is 3. The summed E-state index contributed by atoms with van der Waals surface area (Å²) in [6.45, 7) is 4.78. The maximum atomic E-state index is 10.3. The highest BCUT2D eigenvalue weighted by Gasteiger charge is 2.27. The van der Waals surface area contributed by atoms with Crippen LogP contribution in [-0.4, -0.2) is 133 Å². The Kier molecular flexibility index (Phi) is 26.8. The number of hydrogen-bond donors (Lipinski definition) is 12. The summed E-state index contributed by atoms with van der Waals surface area (Å²) in [4.78, 5) is 71.9. The van der Waals surface area contributed by atoms with Crippen LogP contribution in [0.3, 0.4) is 0 Å². The largest absolute Gasteiger partial charge is 0.481 e. The van der Waals surface area contributed by atoms with Gasteiger partial charge < -0.3 is 68.3 Å². The molecule has 0 spiro atoms. The van der Waals surface area contributed by atoms with Gasteiger partial charge in [0.15, 0.2) is 6.10 Å². The summed E-state index contributed by atoms with van der Waals surface area (Å²) in [5, 5.41) is 68.8. The Bertz CT molecular complexity index is 1150. The topological polar surface area (TPSA) is 375 Å². The van der Waals surface area contributed by atoms with Crippen molar-refractivity contribution in [2.24, 2.45) is 23.1 Å². The van der Waals surface area contributed by atoms with E-state index >= 15 is 0 Å². The zero-order chi connectivity index (χ0) is 38.9. The summed E-state index contributed by atoms with van der Waals surface area (Å²) >= 11 is 0. The van der Waals surface area contributed by atoms with E-state index in [1.807, 2.05) is 44.2 Å². The van der Waals surface area contributed by atoms with Gasteiger partial charge in [-0.2, -0.15) is 0 Å². The maximum Gasteiger partial charge on any atom is 0.334 e. The van der Waals surface area contributed by atoms with Crippen LogP contribution in [0.4, 0.5) is 5.69 Å². The summed E-state index contributed by atoms with van der Waals surface area (Å²) in [7, 11) is 1.75. The Labute approximate surface area is 282 Å². The van der Waals surface area contributed by atoms with E-state index in [0.29, 0.717) is 12.3 Å². The van der Waals surface area contributed by atoms with Crippen molar-refractivity contribution in [3.8, 4) is 0 Å². The van der Waals surface area contributed by atoms with Gasteiger partial charge in [0, 0.05) is 19.2 Å². The molecule has 280 valence electrons. The van der Waals surface area contributed by atoms with Crippen molar-refractivity contribution in [2.75, 3.05) is 25.0 Å². The maximum absolute atomic E-state index is 10.3. The molecule has 20 nitrogen and oxygen atoms in total. The van der Waals surface area contributed by atoms with Gasteiger partial charge in [-0.15, -0.1) is 0 Å². The monoisotopic (exact) mass is 707 g/mol. The molecule has 20 heteroatoms. The van der Waals surface area contributed by atoms with E-state index in [-0.39, 0.29) is 25.4 Å². The Hall–Kier alpha value is -4.89. The van der Waals surface area contributed by atoms with Gasteiger partial charge in [0.25, 0.3) is 0 Å². The lowest BCUT2D eigenvalue weighted by molar-refractivity contribution is -0.154. The molecule has 5 atom stereocenters. The lowest BCUT2D eigenvalue weighted by Gasteiger charge is -2.15. The van der Waals surface area contributed by atoms with Crippen LogP contribution in [0.25, 0.3) is 0 Å². The molecule has 1 heterocycles. The average molecular weight is 708 g/mol. The number of hydrogen-bond acceptors (Lipinski definition) is 13. The second-order valence-electron chi connectivity index (χ2n) is 10.7. The smallest absolute Gasteiger partial charge is 0.334 e. The van der Waals surface area contributed by atoms with Crippen LogP contribution < -0.4 is 27.4 Å². The summed E-state index contributed by atoms with van der Waals surface area (Å²) in [5.74, 6) is -7.48. The third-order valence-corrected chi connectivity index (χ3v) is 5.84. The molecule has 0 aliphatic carbocycles. The number of carboxylic acids is 7. The van der Waals surface area contributed by atoms with Crippen LogP contribution in [0.5, 0.6) is 0 Å². The zero-order valence-electron chi connectivity index (χ0n) is 27.4. The van der Waals surface area contributed by atoms with Gasteiger partial charge in [-0.25, -0.2) is 4.79 Å². The lowest BCUT2D eigenvalue weighted by Crippen LogP contribution is -2.46. The zero-order valence-corrected chi connectivity index (χ0v) is 27.4. The van der Waals surface area contributed by atoms with Gasteiger partial charge >= 0.3 is 41.8 Å². The number of carboxylic acid groups (broad SMARTS) is 7. The molecule has 0 saturated carbocycles. The molecule has 1 aromatic rings. The number of aliphatic hydroxyl groups is 1. The molecule has 0 radical (unpaired) electrons. The number of rotatable bonds is 14. The van der Waals surface area contributed by atoms with E-state index < -0.39 is 66.0 Å². The highest BCUT2D eigenvalue weighted by atomic mass is 16.4. The van der Waals surface area contributed by atoms with Crippen molar-refractivity contribution in [3.63, 3.8) is 0 Å². The third kappa shape index (κ3) is 27.9. The van der Waals surface area contributed by atoms with Gasteiger partial charge in [-0.3, -0.25) is 28.8 Å². The van der Waals surface area contributed by atoms with Crippen LogP contribution in [0.2, 0.25) is 0 Å². The van der Waals surface area contributed by atoms with Crippen LogP contribution in [0, 0.1) is 5.92 Å². The SMILES string of the molecule is CC(C)C[C@H](N)C(=O)O.CN(CC(=O)O)c1ccccc1.N[C@@H](CCC(=O)O)C(=O)O.N[C@H](C(=O)O)C(O)C(=O)O.O=C(O)[C@@H]1CCCN1. The van der Waals surface area contributed by atoms with Gasteiger partial charge in [-0.1, -0.05) is 32.0 Å². The van der Waals surface area contributed by atoms with Crippen molar-refractivity contribution in [1.82, 2.24) is 5.32 Å². The van der Waals surface area contributed by atoms with Gasteiger partial charge in [0.05, 0.1) is 0 Å². The minimum Gasteiger partial charge on any atom is -0.481 e. The molecule has 1 saturated heterocycles. The molecule has 1 aliphatic rings. The van der Waals surface area contributed by atoms with Gasteiger partial charge in [0.2, 0.25) is 0 Å². The molecule has 0 aromatic heterocycles. The molecule has 0 bridgehead atoms. The molecule has 49 heavy (non-hydrogen) atoms. The fourth-order valence-electron chi connectivity index (χ4n) is 3.17. The quantitative estimate of drug-likeness (QED) is 0.105. The molecule has 2 rings (SSSR count). The predicted octanol–water partition coefficient (Wildman–Crippen LogP) is -1.42. The van der Waals surface area contributed by atoms with E-state index in [4.69, 9.17) is 58.1 Å². The van der Waals surface area contributed by atoms with Crippen LogP contribution in [-0.2, 0) is 33.6 Å². The number of carbonyl (C=O) groups is 7. The average Bonchev–Trinajstić information content (AvgIpc) is 3.56. The summed E-state index contributed by atoms with van der Waals surface area (Å²) in [6.07, 6.45) is 0.0669. The van der Waals surface area contributed by atoms with Crippen LogP contribution in [0.1, 0.15) is 46.0 Å². The number of nitrogens with zero attached hydrogens (tertiary/aromatic N) is 1. The van der Waals surface area contributed by atoms with E-state index in [1.54, 1.807) is 11.9 Å². The number of aliphatic carboxylic acids is 7. The van der Waals surface area contributed by atoms with Crippen molar-refractivity contribution in [2.45, 2.75) is 76.2 Å². The summed E-state index contributed by atoms with van der Waals surface area (Å²) in [6, 6.07) is 5.64. The molecule has 1 fully saturated rings. The molecule has 1 aliphatic heterocycles. The van der Waals surface area contributed by atoms with Crippen molar-refractivity contribution in [3.05, 3.63) is 30.3 Å². The first-order chi connectivity index (χ1) is 22.5. The Morgan fingerprint density at radius 1 is 0.796 bits per heavy atom. The van der Waals surface area contributed by atoms with Gasteiger partial charge in [0.1, 0.15) is 30.7 Å². The van der Waals surface area contributed by atoms with Gasteiger partial charge in [-0.05, 0) is 50.3 Å². The number of nitrogens with one attached hydrogen (secondary N) is 1. The Morgan fingerprint density at radius 3 is 1.57 bits per heavy atom.